The minimum atomic E-state index is -0.996. The summed E-state index contributed by atoms with van der Waals surface area (Å²) in [6.45, 7) is 4.23. The van der Waals surface area contributed by atoms with E-state index in [1.54, 1.807) is 6.07 Å². The van der Waals surface area contributed by atoms with Crippen molar-refractivity contribution in [3.05, 3.63) is 47.5 Å². The fourth-order valence-corrected chi connectivity index (χ4v) is 2.43. The predicted octanol–water partition coefficient (Wildman–Crippen LogP) is 4.19. The molecule has 0 radical (unpaired) electrons. The van der Waals surface area contributed by atoms with Crippen LogP contribution in [0.5, 0.6) is 11.5 Å². The molecule has 0 spiro atoms. The molecule has 0 unspecified atom stereocenters. The Morgan fingerprint density at radius 3 is 2.09 bits per heavy atom. The van der Waals surface area contributed by atoms with Crippen LogP contribution in [-0.4, -0.2) is 25.3 Å². The zero-order valence-electron chi connectivity index (χ0n) is 13.2. The number of hydrogen-bond acceptors (Lipinski definition) is 3. The van der Waals surface area contributed by atoms with E-state index in [2.05, 4.69) is 13.8 Å². The Bertz CT molecular complexity index is 672. The summed E-state index contributed by atoms with van der Waals surface area (Å²) in [6, 6.07) is 11.0. The van der Waals surface area contributed by atoms with Crippen molar-refractivity contribution in [2.45, 2.75) is 19.8 Å². The number of carboxylic acids is 1. The molecule has 0 aliphatic heterocycles. The Kier molecular flexibility index (Phi) is 4.71. The second-order valence-electron chi connectivity index (χ2n) is 5.31. The molecule has 0 amide bonds. The number of carboxylic acid groups (broad SMARTS) is 1. The Morgan fingerprint density at radius 2 is 1.64 bits per heavy atom. The summed E-state index contributed by atoms with van der Waals surface area (Å²) in [7, 11) is 3.04. The molecule has 0 aliphatic carbocycles. The van der Waals surface area contributed by atoms with Crippen LogP contribution in [-0.2, 0) is 0 Å². The Morgan fingerprint density at radius 1 is 1.00 bits per heavy atom. The highest BCUT2D eigenvalue weighted by molar-refractivity contribution is 5.99. The summed E-state index contributed by atoms with van der Waals surface area (Å²) in [5, 5.41) is 9.46. The van der Waals surface area contributed by atoms with Crippen LogP contribution in [0.3, 0.4) is 0 Å². The van der Waals surface area contributed by atoms with E-state index in [4.69, 9.17) is 9.47 Å². The third-order valence-electron chi connectivity index (χ3n) is 3.64. The van der Waals surface area contributed by atoms with Gasteiger partial charge in [-0.3, -0.25) is 0 Å². The summed E-state index contributed by atoms with van der Waals surface area (Å²) in [6.07, 6.45) is 0. The zero-order chi connectivity index (χ0) is 16.3. The SMILES string of the molecule is COc1ccc(C(=O)O)c(-c2ccc(C(C)C)cc2)c1OC. The highest BCUT2D eigenvalue weighted by Gasteiger charge is 2.20. The average Bonchev–Trinajstić information content (AvgIpc) is 2.53. The molecule has 2 aromatic carbocycles. The number of hydrogen-bond donors (Lipinski definition) is 1. The van der Waals surface area contributed by atoms with E-state index in [1.165, 1.54) is 25.8 Å². The molecule has 1 N–H and O–H groups in total. The van der Waals surface area contributed by atoms with E-state index in [9.17, 15) is 9.90 Å². The largest absolute Gasteiger partial charge is 0.493 e. The molecule has 2 rings (SSSR count). The highest BCUT2D eigenvalue weighted by atomic mass is 16.5. The predicted molar refractivity (Wildman–Crippen MR) is 86.0 cm³/mol. The molecule has 0 atom stereocenters. The van der Waals surface area contributed by atoms with Gasteiger partial charge in [-0.1, -0.05) is 38.1 Å². The van der Waals surface area contributed by atoms with Crippen molar-refractivity contribution in [3.63, 3.8) is 0 Å². The maximum Gasteiger partial charge on any atom is 0.336 e. The van der Waals surface area contributed by atoms with E-state index in [1.807, 2.05) is 24.3 Å². The Labute approximate surface area is 130 Å². The molecule has 0 heterocycles. The van der Waals surface area contributed by atoms with Crippen LogP contribution in [0.25, 0.3) is 11.1 Å². The van der Waals surface area contributed by atoms with Crippen molar-refractivity contribution in [1.29, 1.82) is 0 Å². The molecule has 22 heavy (non-hydrogen) atoms. The minimum Gasteiger partial charge on any atom is -0.493 e. The van der Waals surface area contributed by atoms with Crippen LogP contribution in [0.15, 0.2) is 36.4 Å². The van der Waals surface area contributed by atoms with Crippen molar-refractivity contribution in [2.24, 2.45) is 0 Å². The lowest BCUT2D eigenvalue weighted by Gasteiger charge is -2.16. The molecule has 0 bridgehead atoms. The second kappa shape index (κ2) is 6.52. The lowest BCUT2D eigenvalue weighted by molar-refractivity contribution is 0.0697. The van der Waals surface area contributed by atoms with Crippen molar-refractivity contribution in [1.82, 2.24) is 0 Å². The van der Waals surface area contributed by atoms with Gasteiger partial charge in [0.2, 0.25) is 0 Å². The fourth-order valence-electron chi connectivity index (χ4n) is 2.43. The third-order valence-corrected chi connectivity index (χ3v) is 3.64. The van der Waals surface area contributed by atoms with Gasteiger partial charge in [0.1, 0.15) is 0 Å². The number of carbonyl (C=O) groups is 1. The van der Waals surface area contributed by atoms with Crippen molar-refractivity contribution < 1.29 is 19.4 Å². The first-order chi connectivity index (χ1) is 10.5. The van der Waals surface area contributed by atoms with E-state index in [0.29, 0.717) is 23.0 Å². The van der Waals surface area contributed by atoms with E-state index in [-0.39, 0.29) is 5.56 Å². The minimum absolute atomic E-state index is 0.190. The van der Waals surface area contributed by atoms with E-state index < -0.39 is 5.97 Å². The molecule has 4 heteroatoms. The highest BCUT2D eigenvalue weighted by Crippen LogP contribution is 2.41. The van der Waals surface area contributed by atoms with Crippen LogP contribution < -0.4 is 9.47 Å². The lowest BCUT2D eigenvalue weighted by atomic mass is 9.95. The number of methoxy groups -OCH3 is 2. The smallest absolute Gasteiger partial charge is 0.336 e. The normalized spacial score (nSPS) is 10.6. The number of ether oxygens (including phenoxy) is 2. The lowest BCUT2D eigenvalue weighted by Crippen LogP contribution is -2.03. The monoisotopic (exact) mass is 300 g/mol. The van der Waals surface area contributed by atoms with Gasteiger partial charge in [-0.05, 0) is 29.2 Å². The second-order valence-corrected chi connectivity index (χ2v) is 5.31. The topological polar surface area (TPSA) is 55.8 Å². The van der Waals surface area contributed by atoms with Gasteiger partial charge in [-0.25, -0.2) is 4.79 Å². The van der Waals surface area contributed by atoms with Crippen molar-refractivity contribution in [3.8, 4) is 22.6 Å². The molecular formula is C18H20O4. The molecule has 0 saturated carbocycles. The summed E-state index contributed by atoms with van der Waals surface area (Å²) >= 11 is 0. The van der Waals surface area contributed by atoms with Crippen LogP contribution in [0, 0.1) is 0 Å². The van der Waals surface area contributed by atoms with Gasteiger partial charge in [-0.15, -0.1) is 0 Å². The first-order valence-electron chi connectivity index (χ1n) is 7.08. The Balaban J connectivity index is 2.67. The quantitative estimate of drug-likeness (QED) is 0.899. The molecule has 4 nitrogen and oxygen atoms in total. The van der Waals surface area contributed by atoms with Gasteiger partial charge in [-0.2, -0.15) is 0 Å². The van der Waals surface area contributed by atoms with Crippen LogP contribution in [0.1, 0.15) is 35.7 Å². The number of benzene rings is 2. The average molecular weight is 300 g/mol. The number of aromatic carboxylic acids is 1. The van der Waals surface area contributed by atoms with E-state index >= 15 is 0 Å². The summed E-state index contributed by atoms with van der Waals surface area (Å²) in [4.78, 5) is 11.5. The maximum atomic E-state index is 11.5. The molecule has 116 valence electrons. The summed E-state index contributed by atoms with van der Waals surface area (Å²) in [5.74, 6) is 0.360. The first kappa shape index (κ1) is 15.9. The summed E-state index contributed by atoms with van der Waals surface area (Å²) in [5.41, 5.74) is 2.71. The van der Waals surface area contributed by atoms with Crippen molar-refractivity contribution in [2.75, 3.05) is 14.2 Å². The molecule has 2 aromatic rings. The molecule has 0 fully saturated rings. The standard InChI is InChI=1S/C18H20O4/c1-11(2)12-5-7-13(8-6-12)16-14(18(19)20)9-10-15(21-3)17(16)22-4/h5-11H,1-4H3,(H,19,20). The molecular weight excluding hydrogens is 280 g/mol. The van der Waals surface area contributed by atoms with Gasteiger partial charge in [0.05, 0.1) is 19.8 Å². The fraction of sp³-hybridized carbons (Fsp3) is 0.278. The van der Waals surface area contributed by atoms with Crippen LogP contribution in [0.4, 0.5) is 0 Å². The van der Waals surface area contributed by atoms with Crippen LogP contribution >= 0.6 is 0 Å². The number of rotatable bonds is 5. The van der Waals surface area contributed by atoms with Crippen LogP contribution in [0.2, 0.25) is 0 Å². The molecule has 0 aromatic heterocycles. The third kappa shape index (κ3) is 2.91. The van der Waals surface area contributed by atoms with Crippen molar-refractivity contribution >= 4 is 5.97 Å². The van der Waals surface area contributed by atoms with E-state index in [0.717, 1.165) is 5.56 Å². The Hall–Kier alpha value is -2.49. The van der Waals surface area contributed by atoms with Gasteiger partial charge in [0.25, 0.3) is 0 Å². The molecule has 0 saturated heterocycles. The zero-order valence-corrected chi connectivity index (χ0v) is 13.2. The van der Waals surface area contributed by atoms with Gasteiger partial charge in [0, 0.05) is 5.56 Å². The maximum absolute atomic E-state index is 11.5. The summed E-state index contributed by atoms with van der Waals surface area (Å²) < 4.78 is 10.7. The molecule has 0 aliphatic rings. The van der Waals surface area contributed by atoms with Gasteiger partial charge in [0.15, 0.2) is 11.5 Å². The van der Waals surface area contributed by atoms with Gasteiger partial charge >= 0.3 is 5.97 Å². The first-order valence-corrected chi connectivity index (χ1v) is 7.08. The van der Waals surface area contributed by atoms with Gasteiger partial charge < -0.3 is 14.6 Å².